The van der Waals surface area contributed by atoms with Crippen LogP contribution < -0.4 is 0 Å². The van der Waals surface area contributed by atoms with Crippen LogP contribution in [0.3, 0.4) is 0 Å². The molecule has 0 radical (unpaired) electrons. The van der Waals surface area contributed by atoms with Crippen LogP contribution in [0.15, 0.2) is 158 Å². The molecule has 266 valence electrons. The number of fused-ring (bicyclic) bond motifs is 8. The Balaban J connectivity index is 1.08. The van der Waals surface area contributed by atoms with E-state index in [4.69, 9.17) is 19.9 Å². The van der Waals surface area contributed by atoms with E-state index in [0.29, 0.717) is 23.2 Å². The number of nitrogens with zero attached hydrogens (tertiary/aromatic N) is 4. The maximum absolute atomic E-state index is 5.24. The summed E-state index contributed by atoms with van der Waals surface area (Å²) in [6.45, 7) is 9.41. The Morgan fingerprint density at radius 3 is 1.64 bits per heavy atom. The lowest BCUT2D eigenvalue weighted by Crippen LogP contribution is -2.17. The van der Waals surface area contributed by atoms with Crippen molar-refractivity contribution in [1.82, 2.24) is 19.9 Å². The molecular formula is C52H38N4. The first-order valence-electron chi connectivity index (χ1n) is 19.4. The largest absolute Gasteiger partial charge is 0.253 e. The first-order chi connectivity index (χ1) is 27.3. The van der Waals surface area contributed by atoms with Gasteiger partial charge in [-0.15, -0.1) is 0 Å². The molecule has 0 aliphatic heterocycles. The summed E-state index contributed by atoms with van der Waals surface area (Å²) in [5.41, 5.74) is 15.3. The fourth-order valence-electron chi connectivity index (χ4n) is 9.43. The second-order valence-corrected chi connectivity index (χ2v) is 16.3. The molecule has 7 aromatic carbocycles. The van der Waals surface area contributed by atoms with Gasteiger partial charge in [-0.25, -0.2) is 15.0 Å². The van der Waals surface area contributed by atoms with E-state index in [9.17, 15) is 0 Å². The molecule has 56 heavy (non-hydrogen) atoms. The van der Waals surface area contributed by atoms with Crippen LogP contribution in [0.1, 0.15) is 49.9 Å². The van der Waals surface area contributed by atoms with Gasteiger partial charge in [0.05, 0.1) is 0 Å². The van der Waals surface area contributed by atoms with E-state index in [1.54, 1.807) is 0 Å². The summed E-state index contributed by atoms with van der Waals surface area (Å²) in [6, 6.07) is 54.4. The van der Waals surface area contributed by atoms with Crippen molar-refractivity contribution in [3.63, 3.8) is 0 Å². The van der Waals surface area contributed by atoms with Crippen LogP contribution in [0.4, 0.5) is 0 Å². The minimum absolute atomic E-state index is 0.0635. The number of hydrogen-bond acceptors (Lipinski definition) is 4. The number of benzene rings is 7. The lowest BCUT2D eigenvalue weighted by molar-refractivity contribution is 0.652. The minimum Gasteiger partial charge on any atom is -0.253 e. The Hall–Kier alpha value is -6.78. The minimum atomic E-state index is -0.222. The molecule has 0 unspecified atom stereocenters. The van der Waals surface area contributed by atoms with Gasteiger partial charge in [0, 0.05) is 28.2 Å². The maximum atomic E-state index is 5.24. The van der Waals surface area contributed by atoms with Gasteiger partial charge in [0.1, 0.15) is 5.69 Å². The van der Waals surface area contributed by atoms with E-state index in [0.717, 1.165) is 33.0 Å². The van der Waals surface area contributed by atoms with Gasteiger partial charge < -0.3 is 0 Å². The van der Waals surface area contributed by atoms with Crippen molar-refractivity contribution < 1.29 is 0 Å². The molecular weight excluding hydrogens is 681 g/mol. The van der Waals surface area contributed by atoms with E-state index in [1.807, 2.05) is 6.20 Å². The Kier molecular flexibility index (Phi) is 6.91. The lowest BCUT2D eigenvalue weighted by Gasteiger charge is -2.24. The van der Waals surface area contributed by atoms with Crippen molar-refractivity contribution in [2.75, 3.05) is 0 Å². The molecule has 4 nitrogen and oxygen atoms in total. The van der Waals surface area contributed by atoms with Crippen LogP contribution in [-0.2, 0) is 10.8 Å². The first kappa shape index (κ1) is 32.6. The molecule has 0 atom stereocenters. The standard InChI is InChI=1S/C52H38N4/c1-51(2)43-22-10-9-19-38(43)41-29-46-42(30-45(41)51)39-24-23-34(27-44(39)52(46,3)4)48-54-49(40-21-12-16-32-14-6-8-18-36(32)40)56-50(55-48)47-28-33(25-26-53-47)37-20-11-15-31-13-5-7-17-35(31)37/h5-30H,1-4H3. The number of pyridine rings is 1. The summed E-state index contributed by atoms with van der Waals surface area (Å²) in [7, 11) is 0. The van der Waals surface area contributed by atoms with Gasteiger partial charge in [0.2, 0.25) is 0 Å². The fraction of sp³-hybridized carbons (Fsp3) is 0.115. The molecule has 2 aliphatic rings. The van der Waals surface area contributed by atoms with Crippen LogP contribution in [0.5, 0.6) is 0 Å². The lowest BCUT2D eigenvalue weighted by atomic mass is 9.79. The summed E-state index contributed by atoms with van der Waals surface area (Å²) in [6.07, 6.45) is 1.86. The van der Waals surface area contributed by atoms with Crippen LogP contribution in [0.2, 0.25) is 0 Å². The summed E-state index contributed by atoms with van der Waals surface area (Å²) in [4.78, 5) is 20.5. The van der Waals surface area contributed by atoms with Crippen LogP contribution in [-0.4, -0.2) is 19.9 Å². The maximum Gasteiger partial charge on any atom is 0.182 e. The van der Waals surface area contributed by atoms with Crippen molar-refractivity contribution in [2.45, 2.75) is 38.5 Å². The van der Waals surface area contributed by atoms with Gasteiger partial charge in [-0.2, -0.15) is 0 Å². The average molecular weight is 719 g/mol. The Morgan fingerprint density at radius 2 is 0.893 bits per heavy atom. The fourth-order valence-corrected chi connectivity index (χ4v) is 9.43. The molecule has 0 amide bonds. The number of rotatable bonds is 4. The zero-order valence-electron chi connectivity index (χ0n) is 31.8. The predicted molar refractivity (Wildman–Crippen MR) is 230 cm³/mol. The molecule has 0 N–H and O–H groups in total. The summed E-state index contributed by atoms with van der Waals surface area (Å²) < 4.78 is 0. The van der Waals surface area contributed by atoms with Gasteiger partial charge in [0.25, 0.3) is 0 Å². The third-order valence-electron chi connectivity index (χ3n) is 12.4. The van der Waals surface area contributed by atoms with E-state index < -0.39 is 0 Å². The topological polar surface area (TPSA) is 51.6 Å². The van der Waals surface area contributed by atoms with Crippen molar-refractivity contribution in [3.05, 3.63) is 180 Å². The zero-order valence-corrected chi connectivity index (χ0v) is 31.8. The van der Waals surface area contributed by atoms with Crippen molar-refractivity contribution in [1.29, 1.82) is 0 Å². The van der Waals surface area contributed by atoms with Crippen LogP contribution in [0, 0.1) is 0 Å². The highest BCUT2D eigenvalue weighted by molar-refractivity contribution is 5.98. The highest BCUT2D eigenvalue weighted by atomic mass is 15.0. The summed E-state index contributed by atoms with van der Waals surface area (Å²) in [5.74, 6) is 1.79. The highest BCUT2D eigenvalue weighted by Crippen LogP contribution is 2.56. The monoisotopic (exact) mass is 718 g/mol. The van der Waals surface area contributed by atoms with Crippen LogP contribution in [0.25, 0.3) is 89.2 Å². The SMILES string of the molecule is CC1(C)c2ccccc2-c2cc3c(cc21)-c1ccc(-c2nc(-c4cc(-c5cccc6ccccc56)ccn4)nc(-c4cccc5ccccc45)n2)cc1C3(C)C. The second kappa shape index (κ2) is 11.9. The molecule has 9 aromatic rings. The van der Waals surface area contributed by atoms with E-state index in [2.05, 4.69) is 179 Å². The average Bonchev–Trinajstić information content (AvgIpc) is 3.61. The molecule has 11 rings (SSSR count). The van der Waals surface area contributed by atoms with Gasteiger partial charge in [-0.1, -0.05) is 149 Å². The van der Waals surface area contributed by atoms with Crippen molar-refractivity contribution in [3.8, 4) is 67.7 Å². The molecule has 0 fully saturated rings. The molecule has 0 spiro atoms. The van der Waals surface area contributed by atoms with Crippen LogP contribution >= 0.6 is 0 Å². The molecule has 2 heterocycles. The smallest absolute Gasteiger partial charge is 0.182 e. The van der Waals surface area contributed by atoms with E-state index in [1.165, 1.54) is 55.3 Å². The quantitative estimate of drug-likeness (QED) is 0.182. The van der Waals surface area contributed by atoms with Gasteiger partial charge in [-0.3, -0.25) is 4.98 Å². The zero-order chi connectivity index (χ0) is 37.8. The molecule has 0 saturated carbocycles. The Labute approximate surface area is 326 Å². The molecule has 0 bridgehead atoms. The summed E-state index contributed by atoms with van der Waals surface area (Å²) >= 11 is 0. The van der Waals surface area contributed by atoms with Gasteiger partial charge >= 0.3 is 0 Å². The third kappa shape index (κ3) is 4.78. The van der Waals surface area contributed by atoms with Gasteiger partial charge in [-0.05, 0) is 108 Å². The predicted octanol–water partition coefficient (Wildman–Crippen LogP) is 12.9. The molecule has 2 aliphatic carbocycles. The van der Waals surface area contributed by atoms with Crippen molar-refractivity contribution in [2.24, 2.45) is 0 Å². The molecule has 0 saturated heterocycles. The number of aromatic nitrogens is 4. The Bertz CT molecular complexity index is 3090. The molecule has 2 aromatic heterocycles. The number of hydrogen-bond donors (Lipinski definition) is 0. The van der Waals surface area contributed by atoms with E-state index >= 15 is 0 Å². The molecule has 4 heteroatoms. The highest BCUT2D eigenvalue weighted by Gasteiger charge is 2.41. The van der Waals surface area contributed by atoms with Crippen molar-refractivity contribution >= 4 is 21.5 Å². The first-order valence-corrected chi connectivity index (χ1v) is 19.4. The normalized spacial score (nSPS) is 14.4. The second-order valence-electron chi connectivity index (χ2n) is 16.3. The van der Waals surface area contributed by atoms with Gasteiger partial charge in [0.15, 0.2) is 17.5 Å². The van der Waals surface area contributed by atoms with E-state index in [-0.39, 0.29) is 10.8 Å². The summed E-state index contributed by atoms with van der Waals surface area (Å²) in [5, 5.41) is 4.63. The Morgan fingerprint density at radius 1 is 0.357 bits per heavy atom. The third-order valence-corrected chi connectivity index (χ3v) is 12.4.